The van der Waals surface area contributed by atoms with Gasteiger partial charge in [-0.1, -0.05) is 18.2 Å². The first-order valence-electron chi connectivity index (χ1n) is 8.90. The molecule has 0 bridgehead atoms. The molecule has 0 amide bonds. The third-order valence-electron chi connectivity index (χ3n) is 5.04. The first kappa shape index (κ1) is 17.0. The fourth-order valence-corrected chi connectivity index (χ4v) is 3.81. The summed E-state index contributed by atoms with van der Waals surface area (Å²) in [4.78, 5) is 13.0. The molecule has 26 heavy (non-hydrogen) atoms. The second-order valence-corrected chi connectivity index (χ2v) is 6.79. The summed E-state index contributed by atoms with van der Waals surface area (Å²) >= 11 is 0. The highest BCUT2D eigenvalue weighted by Gasteiger charge is 2.19. The number of nitro groups is 1. The second-order valence-electron chi connectivity index (χ2n) is 6.79. The highest BCUT2D eigenvalue weighted by molar-refractivity contribution is 6.08. The highest BCUT2D eigenvalue weighted by atomic mass is 16.6. The minimum absolute atomic E-state index is 0.0850. The van der Waals surface area contributed by atoms with E-state index in [0.29, 0.717) is 13.1 Å². The van der Waals surface area contributed by atoms with Gasteiger partial charge in [-0.05, 0) is 12.1 Å². The van der Waals surface area contributed by atoms with Crippen LogP contribution in [0.5, 0.6) is 0 Å². The molecule has 7 heteroatoms. The molecule has 1 atom stereocenters. The molecular weight excluding hydrogens is 332 g/mol. The van der Waals surface area contributed by atoms with Gasteiger partial charge in [0.1, 0.15) is 0 Å². The zero-order valence-electron chi connectivity index (χ0n) is 14.5. The predicted molar refractivity (Wildman–Crippen MR) is 101 cm³/mol. The van der Waals surface area contributed by atoms with E-state index in [2.05, 4.69) is 14.8 Å². The van der Waals surface area contributed by atoms with Crippen LogP contribution in [0.4, 0.5) is 5.69 Å². The van der Waals surface area contributed by atoms with Crippen molar-refractivity contribution in [3.05, 3.63) is 52.6 Å². The molecule has 1 aromatic heterocycles. The summed E-state index contributed by atoms with van der Waals surface area (Å²) < 4.78 is 2.07. The Bertz CT molecular complexity index is 947. The Balaban J connectivity index is 1.69. The average Bonchev–Trinajstić information content (AvgIpc) is 2.96. The van der Waals surface area contributed by atoms with Crippen molar-refractivity contribution in [1.29, 1.82) is 0 Å². The van der Waals surface area contributed by atoms with Crippen LogP contribution in [0, 0.1) is 10.1 Å². The topological polar surface area (TPSA) is 83.6 Å². The third kappa shape index (κ3) is 3.16. The normalized spacial score (nSPS) is 17.0. The number of aromatic nitrogens is 1. The monoisotopic (exact) mass is 354 g/mol. The van der Waals surface area contributed by atoms with Crippen molar-refractivity contribution in [3.63, 3.8) is 0 Å². The number of nitrogens with one attached hydrogen (secondary N) is 1. The van der Waals surface area contributed by atoms with Crippen molar-refractivity contribution in [1.82, 2.24) is 14.8 Å². The first-order chi connectivity index (χ1) is 12.6. The molecule has 4 rings (SSSR count). The van der Waals surface area contributed by atoms with Gasteiger partial charge in [0.05, 0.1) is 17.6 Å². The van der Waals surface area contributed by atoms with Crippen LogP contribution in [0.1, 0.15) is 0 Å². The lowest BCUT2D eigenvalue weighted by molar-refractivity contribution is -0.384. The molecule has 2 aromatic carbocycles. The smallest absolute Gasteiger partial charge is 0.270 e. The Morgan fingerprint density at radius 2 is 1.81 bits per heavy atom. The molecule has 0 radical (unpaired) electrons. The third-order valence-corrected chi connectivity index (χ3v) is 5.04. The largest absolute Gasteiger partial charge is 0.390 e. The van der Waals surface area contributed by atoms with E-state index in [1.54, 1.807) is 12.1 Å². The van der Waals surface area contributed by atoms with Crippen LogP contribution in [0.15, 0.2) is 42.5 Å². The highest BCUT2D eigenvalue weighted by Crippen LogP contribution is 2.31. The fourth-order valence-electron chi connectivity index (χ4n) is 3.81. The van der Waals surface area contributed by atoms with Crippen molar-refractivity contribution in [3.8, 4) is 0 Å². The molecule has 0 aliphatic carbocycles. The van der Waals surface area contributed by atoms with Crippen molar-refractivity contribution < 1.29 is 10.0 Å². The van der Waals surface area contributed by atoms with Gasteiger partial charge in [0.25, 0.3) is 5.69 Å². The number of non-ortho nitro benzene ring substituents is 1. The number of fused-ring (bicyclic) bond motifs is 3. The summed E-state index contributed by atoms with van der Waals surface area (Å²) in [7, 11) is 0. The number of para-hydroxylation sites is 1. The maximum absolute atomic E-state index is 11.1. The van der Waals surface area contributed by atoms with E-state index in [1.807, 2.05) is 24.3 Å². The van der Waals surface area contributed by atoms with Crippen LogP contribution in [-0.4, -0.2) is 58.3 Å². The fraction of sp³-hybridized carbons (Fsp3) is 0.368. The Labute approximate surface area is 151 Å². The van der Waals surface area contributed by atoms with Crippen molar-refractivity contribution in [2.45, 2.75) is 12.6 Å². The molecule has 1 saturated heterocycles. The van der Waals surface area contributed by atoms with Gasteiger partial charge in [-0.3, -0.25) is 15.0 Å². The molecule has 1 aliphatic rings. The van der Waals surface area contributed by atoms with Gasteiger partial charge in [-0.25, -0.2) is 0 Å². The van der Waals surface area contributed by atoms with Gasteiger partial charge in [0, 0.05) is 66.7 Å². The molecule has 2 N–H and O–H groups in total. The zero-order chi connectivity index (χ0) is 18.1. The van der Waals surface area contributed by atoms with Gasteiger partial charge < -0.3 is 15.0 Å². The Kier molecular flexibility index (Phi) is 4.58. The van der Waals surface area contributed by atoms with E-state index in [1.165, 1.54) is 6.07 Å². The first-order valence-corrected chi connectivity index (χ1v) is 8.90. The van der Waals surface area contributed by atoms with E-state index >= 15 is 0 Å². The Morgan fingerprint density at radius 1 is 1.08 bits per heavy atom. The quantitative estimate of drug-likeness (QED) is 0.541. The van der Waals surface area contributed by atoms with E-state index in [4.69, 9.17) is 0 Å². The lowest BCUT2D eigenvalue weighted by Crippen LogP contribution is -2.46. The van der Waals surface area contributed by atoms with Crippen LogP contribution >= 0.6 is 0 Å². The number of hydrogen-bond acceptors (Lipinski definition) is 5. The summed E-state index contributed by atoms with van der Waals surface area (Å²) in [5.41, 5.74) is 1.99. The van der Waals surface area contributed by atoms with Crippen LogP contribution in [0.2, 0.25) is 0 Å². The van der Waals surface area contributed by atoms with Gasteiger partial charge in [0.15, 0.2) is 0 Å². The summed E-state index contributed by atoms with van der Waals surface area (Å²) in [6.07, 6.45) is -0.498. The lowest BCUT2D eigenvalue weighted by atomic mass is 10.1. The lowest BCUT2D eigenvalue weighted by Gasteiger charge is -2.29. The Morgan fingerprint density at radius 3 is 2.58 bits per heavy atom. The maximum Gasteiger partial charge on any atom is 0.270 e. The standard InChI is InChI=1S/C19H22N4O3/c24-15(12-21-9-7-20-8-10-21)13-22-18-4-2-1-3-16(18)17-11-14(23(25)26)5-6-19(17)22/h1-6,11,15,20,24H,7-10,12-13H2. The van der Waals surface area contributed by atoms with Crippen LogP contribution < -0.4 is 5.32 Å². The number of nitro benzene ring substituents is 1. The van der Waals surface area contributed by atoms with Gasteiger partial charge in [-0.15, -0.1) is 0 Å². The van der Waals surface area contributed by atoms with Crippen LogP contribution in [0.25, 0.3) is 21.8 Å². The average molecular weight is 354 g/mol. The van der Waals surface area contributed by atoms with Crippen molar-refractivity contribution in [2.75, 3.05) is 32.7 Å². The number of piperazine rings is 1. The molecule has 7 nitrogen and oxygen atoms in total. The van der Waals surface area contributed by atoms with Gasteiger partial charge in [0.2, 0.25) is 0 Å². The molecule has 2 heterocycles. The van der Waals surface area contributed by atoms with E-state index in [0.717, 1.165) is 48.0 Å². The summed E-state index contributed by atoms with van der Waals surface area (Å²) in [6, 6.07) is 12.8. The molecule has 0 saturated carbocycles. The number of hydrogen-bond donors (Lipinski definition) is 2. The summed E-state index contributed by atoms with van der Waals surface area (Å²) in [6.45, 7) is 4.87. The Hall–Kier alpha value is -2.48. The molecule has 136 valence electrons. The molecule has 1 aliphatic heterocycles. The summed E-state index contributed by atoms with van der Waals surface area (Å²) in [5, 5.41) is 26.9. The minimum atomic E-state index is -0.498. The molecule has 1 fully saturated rings. The van der Waals surface area contributed by atoms with Crippen molar-refractivity contribution in [2.24, 2.45) is 0 Å². The van der Waals surface area contributed by atoms with Gasteiger partial charge >= 0.3 is 0 Å². The number of aliphatic hydroxyl groups is 1. The number of rotatable bonds is 5. The van der Waals surface area contributed by atoms with Crippen molar-refractivity contribution >= 4 is 27.5 Å². The van der Waals surface area contributed by atoms with E-state index in [9.17, 15) is 15.2 Å². The van der Waals surface area contributed by atoms with Gasteiger partial charge in [-0.2, -0.15) is 0 Å². The molecule has 1 unspecified atom stereocenters. The van der Waals surface area contributed by atoms with E-state index in [-0.39, 0.29) is 10.6 Å². The molecular formula is C19H22N4O3. The SMILES string of the molecule is O=[N+]([O-])c1ccc2c(c1)c1ccccc1n2CC(O)CN1CCNCC1. The van der Waals surface area contributed by atoms with E-state index < -0.39 is 6.10 Å². The number of aliphatic hydroxyl groups excluding tert-OH is 1. The number of nitrogens with zero attached hydrogens (tertiary/aromatic N) is 3. The summed E-state index contributed by atoms with van der Waals surface area (Å²) in [5.74, 6) is 0. The minimum Gasteiger partial charge on any atom is -0.390 e. The maximum atomic E-state index is 11.1. The second kappa shape index (κ2) is 7.03. The molecule has 3 aromatic rings. The predicted octanol–water partition coefficient (Wildman–Crippen LogP) is 1.97. The van der Waals surface area contributed by atoms with Crippen LogP contribution in [0.3, 0.4) is 0 Å². The number of β-amino-alcohol motifs (C(OH)–C–C–N with tert-alkyl or cyclic N) is 1. The molecule has 0 spiro atoms. The van der Waals surface area contributed by atoms with Crippen LogP contribution in [-0.2, 0) is 6.54 Å². The zero-order valence-corrected chi connectivity index (χ0v) is 14.5. The number of benzene rings is 2.